The van der Waals surface area contributed by atoms with Crippen LogP contribution in [0.4, 0.5) is 5.69 Å². The second-order valence-electron chi connectivity index (χ2n) is 4.92. The molecule has 2 rings (SSSR count). The molecule has 0 heterocycles. The molecule has 0 aliphatic rings. The number of carbonyl (C=O) groups is 2. The van der Waals surface area contributed by atoms with Gasteiger partial charge in [0.15, 0.2) is 0 Å². The second kappa shape index (κ2) is 7.41. The van der Waals surface area contributed by atoms with E-state index in [9.17, 15) is 9.59 Å². The molecule has 4 nitrogen and oxygen atoms in total. The molecule has 0 fully saturated rings. The Bertz CT molecular complexity index is 652. The zero-order valence-electron chi connectivity index (χ0n) is 12.7. The zero-order chi connectivity index (χ0) is 15.9. The van der Waals surface area contributed by atoms with E-state index in [1.54, 1.807) is 31.2 Å². The molecule has 2 aromatic rings. The van der Waals surface area contributed by atoms with Gasteiger partial charge in [-0.2, -0.15) is 0 Å². The number of benzene rings is 2. The van der Waals surface area contributed by atoms with Crippen molar-refractivity contribution >= 4 is 17.6 Å². The number of esters is 1. The second-order valence-corrected chi connectivity index (χ2v) is 4.92. The molecule has 0 saturated heterocycles. The number of hydrogen-bond donors (Lipinski definition) is 1. The maximum absolute atomic E-state index is 12.3. The monoisotopic (exact) mass is 297 g/mol. The van der Waals surface area contributed by atoms with Gasteiger partial charge >= 0.3 is 5.97 Å². The third-order valence-electron chi connectivity index (χ3n) is 3.33. The van der Waals surface area contributed by atoms with Crippen LogP contribution in [0.2, 0.25) is 0 Å². The lowest BCUT2D eigenvalue weighted by Gasteiger charge is -2.13. The molecule has 0 aliphatic carbocycles. The van der Waals surface area contributed by atoms with Gasteiger partial charge in [-0.3, -0.25) is 4.79 Å². The molecule has 0 unspecified atom stereocenters. The molecule has 4 heteroatoms. The summed E-state index contributed by atoms with van der Waals surface area (Å²) in [5.41, 5.74) is 1.95. The number of nitrogens with one attached hydrogen (secondary N) is 1. The summed E-state index contributed by atoms with van der Waals surface area (Å²) in [6.07, 6.45) is 0. The first-order chi connectivity index (χ1) is 10.6. The standard InChI is InChI=1S/C18H19NO3/c1-3-22-18(21)15-10-7-11-16(12-15)19-17(20)13(2)14-8-5-4-6-9-14/h4-13H,3H2,1-2H3,(H,19,20)/t13-/m1/s1. The quantitative estimate of drug-likeness (QED) is 0.858. The zero-order valence-corrected chi connectivity index (χ0v) is 12.7. The van der Waals surface area contributed by atoms with Gasteiger partial charge in [0.1, 0.15) is 0 Å². The van der Waals surface area contributed by atoms with Crippen molar-refractivity contribution < 1.29 is 14.3 Å². The van der Waals surface area contributed by atoms with E-state index >= 15 is 0 Å². The maximum Gasteiger partial charge on any atom is 0.338 e. The Morgan fingerprint density at radius 3 is 2.50 bits per heavy atom. The van der Waals surface area contributed by atoms with Gasteiger partial charge in [-0.05, 0) is 37.6 Å². The van der Waals surface area contributed by atoms with E-state index in [-0.39, 0.29) is 11.8 Å². The average molecular weight is 297 g/mol. The molecule has 1 amide bonds. The highest BCUT2D eigenvalue weighted by Crippen LogP contribution is 2.18. The van der Waals surface area contributed by atoms with E-state index in [0.29, 0.717) is 17.9 Å². The Labute approximate surface area is 130 Å². The van der Waals surface area contributed by atoms with Crippen LogP contribution in [0, 0.1) is 0 Å². The molecule has 1 N–H and O–H groups in total. The molecule has 22 heavy (non-hydrogen) atoms. The molecule has 0 radical (unpaired) electrons. The molecule has 0 bridgehead atoms. The molecule has 114 valence electrons. The largest absolute Gasteiger partial charge is 0.462 e. The molecular weight excluding hydrogens is 278 g/mol. The molecule has 2 aromatic carbocycles. The minimum atomic E-state index is -0.394. The van der Waals surface area contributed by atoms with Gasteiger partial charge in [0.25, 0.3) is 0 Å². The van der Waals surface area contributed by atoms with Crippen molar-refractivity contribution in [2.75, 3.05) is 11.9 Å². The smallest absolute Gasteiger partial charge is 0.338 e. The summed E-state index contributed by atoms with van der Waals surface area (Å²) in [4.78, 5) is 24.0. The molecular formula is C18H19NO3. The van der Waals surface area contributed by atoms with Gasteiger partial charge in [0, 0.05) is 5.69 Å². The van der Waals surface area contributed by atoms with Gasteiger partial charge < -0.3 is 10.1 Å². The van der Waals surface area contributed by atoms with Crippen molar-refractivity contribution in [2.45, 2.75) is 19.8 Å². The Morgan fingerprint density at radius 1 is 1.09 bits per heavy atom. The van der Waals surface area contributed by atoms with Gasteiger partial charge in [0.2, 0.25) is 5.91 Å². The molecule has 0 spiro atoms. The highest BCUT2D eigenvalue weighted by molar-refractivity contribution is 5.97. The first kappa shape index (κ1) is 15.8. The van der Waals surface area contributed by atoms with Gasteiger partial charge in [0.05, 0.1) is 18.1 Å². The number of rotatable bonds is 5. The van der Waals surface area contributed by atoms with E-state index in [0.717, 1.165) is 5.56 Å². The summed E-state index contributed by atoms with van der Waals surface area (Å²) in [5.74, 6) is -0.783. The van der Waals surface area contributed by atoms with Crippen LogP contribution < -0.4 is 5.32 Å². The van der Waals surface area contributed by atoms with Crippen molar-refractivity contribution in [3.05, 3.63) is 65.7 Å². The predicted molar refractivity (Wildman–Crippen MR) is 85.9 cm³/mol. The van der Waals surface area contributed by atoms with Crippen LogP contribution in [-0.2, 0) is 9.53 Å². The Morgan fingerprint density at radius 2 is 1.82 bits per heavy atom. The highest BCUT2D eigenvalue weighted by atomic mass is 16.5. The van der Waals surface area contributed by atoms with Crippen LogP contribution in [0.5, 0.6) is 0 Å². The molecule has 0 saturated carbocycles. The van der Waals surface area contributed by atoms with E-state index in [1.807, 2.05) is 37.3 Å². The van der Waals surface area contributed by atoms with Crippen LogP contribution in [-0.4, -0.2) is 18.5 Å². The minimum absolute atomic E-state index is 0.118. The van der Waals surface area contributed by atoms with Crippen LogP contribution in [0.15, 0.2) is 54.6 Å². The summed E-state index contributed by atoms with van der Waals surface area (Å²) in [7, 11) is 0. The van der Waals surface area contributed by atoms with Crippen LogP contribution in [0.1, 0.15) is 35.7 Å². The van der Waals surface area contributed by atoms with E-state index < -0.39 is 5.97 Å². The lowest BCUT2D eigenvalue weighted by Crippen LogP contribution is -2.19. The third kappa shape index (κ3) is 3.95. The maximum atomic E-state index is 12.3. The highest BCUT2D eigenvalue weighted by Gasteiger charge is 2.15. The summed E-state index contributed by atoms with van der Waals surface area (Å²) in [6, 6.07) is 16.3. The number of anilines is 1. The number of hydrogen-bond acceptors (Lipinski definition) is 3. The SMILES string of the molecule is CCOC(=O)c1cccc(NC(=O)[C@H](C)c2ccccc2)c1. The average Bonchev–Trinajstić information content (AvgIpc) is 2.55. The minimum Gasteiger partial charge on any atom is -0.462 e. The van der Waals surface area contributed by atoms with E-state index in [2.05, 4.69) is 5.32 Å². The Balaban J connectivity index is 2.09. The van der Waals surface area contributed by atoms with Gasteiger partial charge in [-0.15, -0.1) is 0 Å². The third-order valence-corrected chi connectivity index (χ3v) is 3.33. The van der Waals surface area contributed by atoms with Crippen molar-refractivity contribution in [1.29, 1.82) is 0 Å². The van der Waals surface area contributed by atoms with E-state index in [1.165, 1.54) is 0 Å². The van der Waals surface area contributed by atoms with Crippen LogP contribution >= 0.6 is 0 Å². The summed E-state index contributed by atoms with van der Waals surface area (Å²) < 4.78 is 4.95. The van der Waals surface area contributed by atoms with Crippen molar-refractivity contribution in [3.63, 3.8) is 0 Å². The fourth-order valence-corrected chi connectivity index (χ4v) is 2.08. The van der Waals surface area contributed by atoms with Crippen molar-refractivity contribution in [3.8, 4) is 0 Å². The summed E-state index contributed by atoms with van der Waals surface area (Å²) >= 11 is 0. The van der Waals surface area contributed by atoms with Crippen LogP contribution in [0.3, 0.4) is 0 Å². The Hall–Kier alpha value is -2.62. The number of ether oxygens (including phenoxy) is 1. The fraction of sp³-hybridized carbons (Fsp3) is 0.222. The van der Waals surface area contributed by atoms with Gasteiger partial charge in [-0.25, -0.2) is 4.79 Å². The lowest BCUT2D eigenvalue weighted by atomic mass is 10.0. The summed E-state index contributed by atoms with van der Waals surface area (Å²) in [6.45, 7) is 3.92. The topological polar surface area (TPSA) is 55.4 Å². The van der Waals surface area contributed by atoms with Gasteiger partial charge in [-0.1, -0.05) is 36.4 Å². The predicted octanol–water partition coefficient (Wildman–Crippen LogP) is 3.61. The van der Waals surface area contributed by atoms with Crippen molar-refractivity contribution in [1.82, 2.24) is 0 Å². The number of carbonyl (C=O) groups excluding carboxylic acids is 2. The fourth-order valence-electron chi connectivity index (χ4n) is 2.08. The van der Waals surface area contributed by atoms with E-state index in [4.69, 9.17) is 4.74 Å². The first-order valence-corrected chi connectivity index (χ1v) is 7.24. The normalized spacial score (nSPS) is 11.5. The van der Waals surface area contributed by atoms with Crippen LogP contribution in [0.25, 0.3) is 0 Å². The van der Waals surface area contributed by atoms with Crippen molar-refractivity contribution in [2.24, 2.45) is 0 Å². The molecule has 1 atom stereocenters. The molecule has 0 aliphatic heterocycles. The summed E-state index contributed by atoms with van der Waals surface area (Å²) in [5, 5.41) is 2.83. The first-order valence-electron chi connectivity index (χ1n) is 7.24. The number of amides is 1. The Kier molecular flexibility index (Phi) is 5.31. The lowest BCUT2D eigenvalue weighted by molar-refractivity contribution is -0.117. The molecule has 0 aromatic heterocycles.